The smallest absolute Gasteiger partial charge is 0.192 e. The summed E-state index contributed by atoms with van der Waals surface area (Å²) in [4.78, 5) is 0. The summed E-state index contributed by atoms with van der Waals surface area (Å²) in [6.45, 7) is 14.3. The minimum Gasteiger partial charge on any atom is -0.497 e. The second-order valence-corrected chi connectivity index (χ2v) is 14.0. The molecule has 0 radical (unpaired) electrons. The minimum absolute atomic E-state index is 0.0705. The molecule has 0 unspecified atom stereocenters. The fourth-order valence-electron chi connectivity index (χ4n) is 2.88. The van der Waals surface area contributed by atoms with Crippen LogP contribution in [0.2, 0.25) is 18.1 Å². The van der Waals surface area contributed by atoms with E-state index in [1.54, 1.807) is 7.11 Å². The molecule has 0 spiro atoms. The van der Waals surface area contributed by atoms with Crippen molar-refractivity contribution in [1.29, 1.82) is 0 Å². The van der Waals surface area contributed by atoms with E-state index in [4.69, 9.17) is 13.9 Å². The highest BCUT2D eigenvalue weighted by atomic mass is 28.4. The van der Waals surface area contributed by atoms with Gasteiger partial charge in [-0.1, -0.05) is 52.2 Å². The number of aliphatic hydroxyl groups is 1. The molecule has 28 heavy (non-hydrogen) atoms. The quantitative estimate of drug-likeness (QED) is 0.323. The predicted molar refractivity (Wildman–Crippen MR) is 119 cm³/mol. The number of methoxy groups -OCH3 is 1. The number of rotatable bonds is 13. The van der Waals surface area contributed by atoms with Crippen LogP contribution in [0.3, 0.4) is 0 Å². The van der Waals surface area contributed by atoms with Crippen molar-refractivity contribution >= 4 is 8.32 Å². The largest absolute Gasteiger partial charge is 0.497 e. The SMILES string of the molecule is COc1ccc(CO[C@@H](CO)CCCCC[C@H](C)O[Si](C)(C)C(C)(C)C)cc1. The van der Waals surface area contributed by atoms with Crippen molar-refractivity contribution in [3.63, 3.8) is 0 Å². The Morgan fingerprint density at radius 3 is 2.14 bits per heavy atom. The van der Waals surface area contributed by atoms with E-state index in [2.05, 4.69) is 40.8 Å². The van der Waals surface area contributed by atoms with Crippen LogP contribution in [0.25, 0.3) is 0 Å². The number of aliphatic hydroxyl groups excluding tert-OH is 1. The number of ether oxygens (including phenoxy) is 2. The van der Waals surface area contributed by atoms with Gasteiger partial charge in [0.15, 0.2) is 8.32 Å². The van der Waals surface area contributed by atoms with Gasteiger partial charge in [0.05, 0.1) is 26.4 Å². The van der Waals surface area contributed by atoms with Gasteiger partial charge in [0, 0.05) is 6.10 Å². The third-order valence-corrected chi connectivity index (χ3v) is 10.4. The normalized spacial score (nSPS) is 14.7. The molecule has 0 amide bonds. The molecule has 4 nitrogen and oxygen atoms in total. The van der Waals surface area contributed by atoms with Crippen LogP contribution in [0.15, 0.2) is 24.3 Å². The maximum absolute atomic E-state index is 9.57. The highest BCUT2D eigenvalue weighted by Gasteiger charge is 2.38. The molecule has 1 aromatic carbocycles. The highest BCUT2D eigenvalue weighted by molar-refractivity contribution is 6.74. The Morgan fingerprint density at radius 1 is 1.00 bits per heavy atom. The van der Waals surface area contributed by atoms with Crippen LogP contribution in [0, 0.1) is 0 Å². The summed E-state index contributed by atoms with van der Waals surface area (Å²) in [5.74, 6) is 0.842. The molecule has 0 aliphatic rings. The van der Waals surface area contributed by atoms with Gasteiger partial charge in [0.2, 0.25) is 0 Å². The average Bonchev–Trinajstić information content (AvgIpc) is 2.63. The van der Waals surface area contributed by atoms with Crippen LogP contribution in [-0.4, -0.2) is 39.3 Å². The van der Waals surface area contributed by atoms with Crippen molar-refractivity contribution in [2.75, 3.05) is 13.7 Å². The standard InChI is InChI=1S/C23H42O4Si/c1-19(27-28(6,7)23(2,3)4)11-9-8-10-12-22(17-24)26-18-20-13-15-21(25-5)16-14-20/h13-16,19,22,24H,8-12,17-18H2,1-7H3/t19-,22+/m0/s1. The molecule has 0 aliphatic carbocycles. The van der Waals surface area contributed by atoms with Crippen molar-refractivity contribution in [3.05, 3.63) is 29.8 Å². The summed E-state index contributed by atoms with van der Waals surface area (Å²) in [7, 11) is -0.00989. The molecule has 0 saturated carbocycles. The maximum atomic E-state index is 9.57. The van der Waals surface area contributed by atoms with Gasteiger partial charge in [-0.15, -0.1) is 0 Å². The summed E-state index contributed by atoms with van der Waals surface area (Å²) in [5, 5.41) is 9.84. The Morgan fingerprint density at radius 2 is 1.61 bits per heavy atom. The van der Waals surface area contributed by atoms with Crippen molar-refractivity contribution in [2.24, 2.45) is 0 Å². The van der Waals surface area contributed by atoms with E-state index in [0.717, 1.165) is 43.4 Å². The predicted octanol–water partition coefficient (Wildman–Crippen LogP) is 5.93. The van der Waals surface area contributed by atoms with Gasteiger partial charge in [-0.25, -0.2) is 0 Å². The molecule has 1 N–H and O–H groups in total. The topological polar surface area (TPSA) is 47.9 Å². The molecule has 0 aliphatic heterocycles. The second-order valence-electron chi connectivity index (χ2n) is 9.29. The Kier molecular flexibility index (Phi) is 10.7. The molecule has 2 atom stereocenters. The monoisotopic (exact) mass is 410 g/mol. The van der Waals surface area contributed by atoms with Gasteiger partial charge in [-0.2, -0.15) is 0 Å². The first-order valence-electron chi connectivity index (χ1n) is 10.6. The van der Waals surface area contributed by atoms with Crippen LogP contribution < -0.4 is 4.74 Å². The minimum atomic E-state index is -1.67. The van der Waals surface area contributed by atoms with Crippen molar-refractivity contribution in [1.82, 2.24) is 0 Å². The third kappa shape index (κ3) is 9.08. The fraction of sp³-hybridized carbons (Fsp3) is 0.739. The zero-order chi connectivity index (χ0) is 21.2. The number of hydrogen-bond acceptors (Lipinski definition) is 4. The van der Waals surface area contributed by atoms with E-state index < -0.39 is 8.32 Å². The third-order valence-electron chi connectivity index (χ3n) is 5.79. The Balaban J connectivity index is 2.22. The van der Waals surface area contributed by atoms with Crippen molar-refractivity contribution in [2.45, 2.75) is 96.7 Å². The van der Waals surface area contributed by atoms with E-state index in [0.29, 0.717) is 12.7 Å². The Hall–Kier alpha value is -0.883. The number of benzene rings is 1. The average molecular weight is 411 g/mol. The van der Waals surface area contributed by atoms with E-state index in [1.807, 2.05) is 24.3 Å². The number of unbranched alkanes of at least 4 members (excludes halogenated alkanes) is 2. The molecular weight excluding hydrogens is 368 g/mol. The van der Waals surface area contributed by atoms with Crippen LogP contribution in [0.4, 0.5) is 0 Å². The molecular formula is C23H42O4Si. The van der Waals surface area contributed by atoms with Crippen molar-refractivity contribution < 1.29 is 19.0 Å². The molecule has 0 saturated heterocycles. The maximum Gasteiger partial charge on any atom is 0.192 e. The molecule has 0 aromatic heterocycles. The summed E-state index contributed by atoms with van der Waals surface area (Å²) < 4.78 is 17.5. The lowest BCUT2D eigenvalue weighted by Crippen LogP contribution is -2.43. The van der Waals surface area contributed by atoms with Gasteiger partial charge >= 0.3 is 0 Å². The summed E-state index contributed by atoms with van der Waals surface area (Å²) in [5.41, 5.74) is 1.09. The van der Waals surface area contributed by atoms with Crippen LogP contribution in [0.1, 0.15) is 65.4 Å². The van der Waals surface area contributed by atoms with Gasteiger partial charge in [0.1, 0.15) is 5.75 Å². The molecule has 1 rings (SSSR count). The lowest BCUT2D eigenvalue weighted by molar-refractivity contribution is -0.00357. The fourth-order valence-corrected chi connectivity index (χ4v) is 4.36. The van der Waals surface area contributed by atoms with E-state index in [-0.39, 0.29) is 17.7 Å². The molecule has 0 heterocycles. The first-order valence-corrected chi connectivity index (χ1v) is 13.5. The molecule has 1 aromatic rings. The van der Waals surface area contributed by atoms with Gasteiger partial charge in [0.25, 0.3) is 0 Å². The number of hydrogen-bond donors (Lipinski definition) is 1. The van der Waals surface area contributed by atoms with Crippen molar-refractivity contribution in [3.8, 4) is 5.75 Å². The van der Waals surface area contributed by atoms with Gasteiger partial charge in [-0.3, -0.25) is 0 Å². The van der Waals surface area contributed by atoms with Gasteiger partial charge < -0.3 is 19.0 Å². The van der Waals surface area contributed by atoms with Crippen LogP contribution in [-0.2, 0) is 15.8 Å². The highest BCUT2D eigenvalue weighted by Crippen LogP contribution is 2.37. The lowest BCUT2D eigenvalue weighted by atomic mass is 10.1. The second kappa shape index (κ2) is 12.0. The van der Waals surface area contributed by atoms with E-state index in [1.165, 1.54) is 0 Å². The first kappa shape index (κ1) is 25.2. The summed E-state index contributed by atoms with van der Waals surface area (Å²) in [6, 6.07) is 7.85. The van der Waals surface area contributed by atoms with Crippen LogP contribution in [0.5, 0.6) is 5.75 Å². The first-order chi connectivity index (χ1) is 13.1. The van der Waals surface area contributed by atoms with E-state index >= 15 is 0 Å². The molecule has 162 valence electrons. The molecule has 5 heteroatoms. The van der Waals surface area contributed by atoms with E-state index in [9.17, 15) is 5.11 Å². The van der Waals surface area contributed by atoms with Gasteiger partial charge in [-0.05, 0) is 55.6 Å². The van der Waals surface area contributed by atoms with Crippen LogP contribution >= 0.6 is 0 Å². The lowest BCUT2D eigenvalue weighted by Gasteiger charge is -2.38. The summed E-state index contributed by atoms with van der Waals surface area (Å²) in [6.07, 6.45) is 5.59. The molecule has 0 bridgehead atoms. The zero-order valence-electron chi connectivity index (χ0n) is 19.1. The summed E-state index contributed by atoms with van der Waals surface area (Å²) >= 11 is 0. The Bertz CT molecular complexity index is 537. The zero-order valence-corrected chi connectivity index (χ0v) is 20.1. The Labute approximate surface area is 173 Å². The molecule has 0 fully saturated rings.